The van der Waals surface area contributed by atoms with E-state index >= 15 is 0 Å². The van der Waals surface area contributed by atoms with Crippen molar-refractivity contribution in [3.05, 3.63) is 47.6 Å². The molecular weight excluding hydrogens is 1070 g/mol. The summed E-state index contributed by atoms with van der Waals surface area (Å²) in [6, 6.07) is -1.95. The number of ketones is 2. The Morgan fingerprint density at radius 3 is 2.10 bits per heavy atom. The molecule has 83 heavy (non-hydrogen) atoms. The highest BCUT2D eigenvalue weighted by atomic mass is 16.6. The summed E-state index contributed by atoms with van der Waals surface area (Å²) in [4.78, 5) is 71.7. The lowest BCUT2D eigenvalue weighted by Gasteiger charge is -2.43. The maximum atomic E-state index is 14.7. The Bertz CT molecular complexity index is 2110. The Morgan fingerprint density at radius 1 is 0.771 bits per heavy atom. The number of allylic oxidation sites excluding steroid dienone is 5. The third-order valence-electron chi connectivity index (χ3n) is 16.7. The van der Waals surface area contributed by atoms with Crippen LogP contribution in [0.25, 0.3) is 0 Å². The van der Waals surface area contributed by atoms with Gasteiger partial charge in [-0.2, -0.15) is 0 Å². The second kappa shape index (κ2) is 37.6. The van der Waals surface area contributed by atoms with Gasteiger partial charge >= 0.3 is 12.1 Å². The second-order valence-corrected chi connectivity index (χ2v) is 23.0. The van der Waals surface area contributed by atoms with Gasteiger partial charge in [0.05, 0.1) is 70.7 Å². The van der Waals surface area contributed by atoms with Crippen LogP contribution in [-0.4, -0.2) is 206 Å². The number of carbonyl (C=O) groups is 5. The standard InChI is InChI=1S/C62H103N3O18/c1-12-77-28-29-79-32-33-80-31-30-78-27-25-64-61(71)82-50-24-22-46(37-54(50)75-10)36-48(63)53-39-52(74-9)42(4)35-44(6)56(67)57(76-11)55(66)43(5)34-40(2)18-14-13-15-19-41(3)51(73-8)38-47-23-21-45(7)62(72,83-47)58(68)59(69)65-26-17-16-20-49(65)60(70)81-53/h13-15,18-19,35,40,42-43,45-54,56-57,67,72H,12,16-17,20-34,36-39,63H2,1-11H3,(H,64,71)/b15-13+,18-14+,41-19+,44-35+/t40-,42-,43-,45-,46+,47+,48-,49+,50-,51+,52-,53+,54-,56-,57+,62-/m1/s1. The molecule has 3 fully saturated rings. The number of nitrogens with one attached hydrogen (secondary N) is 1. The lowest BCUT2D eigenvalue weighted by molar-refractivity contribution is -0.265. The van der Waals surface area contributed by atoms with Gasteiger partial charge in [0.1, 0.15) is 30.5 Å². The second-order valence-electron chi connectivity index (χ2n) is 23.0. The number of nitrogens with two attached hydrogens (primary N) is 1. The van der Waals surface area contributed by atoms with Crippen LogP contribution in [0.4, 0.5) is 4.79 Å². The van der Waals surface area contributed by atoms with Gasteiger partial charge in [0.25, 0.3) is 11.7 Å². The number of aliphatic hydroxyl groups is 2. The van der Waals surface area contributed by atoms with Gasteiger partial charge in [0.2, 0.25) is 5.79 Å². The molecule has 0 spiro atoms. The predicted molar refractivity (Wildman–Crippen MR) is 311 cm³/mol. The van der Waals surface area contributed by atoms with Gasteiger partial charge in [0, 0.05) is 84.8 Å². The van der Waals surface area contributed by atoms with Gasteiger partial charge in [-0.15, -0.1) is 0 Å². The van der Waals surface area contributed by atoms with Crippen LogP contribution < -0.4 is 11.1 Å². The summed E-state index contributed by atoms with van der Waals surface area (Å²) in [5.41, 5.74) is 8.50. The molecule has 21 nitrogen and oxygen atoms in total. The van der Waals surface area contributed by atoms with E-state index in [-0.39, 0.29) is 50.2 Å². The molecule has 4 aliphatic rings. The molecule has 4 rings (SSSR count). The minimum Gasteiger partial charge on any atom is -0.459 e. The van der Waals surface area contributed by atoms with E-state index in [1.165, 1.54) is 19.1 Å². The lowest BCUT2D eigenvalue weighted by Crippen LogP contribution is -2.61. The fourth-order valence-electron chi connectivity index (χ4n) is 11.7. The van der Waals surface area contributed by atoms with E-state index in [4.69, 9.17) is 57.8 Å². The highest BCUT2D eigenvalue weighted by molar-refractivity contribution is 6.39. The van der Waals surface area contributed by atoms with Crippen molar-refractivity contribution in [3.63, 3.8) is 0 Å². The Labute approximate surface area is 494 Å². The van der Waals surface area contributed by atoms with Gasteiger partial charge in [-0.1, -0.05) is 64.2 Å². The number of aliphatic hydroxyl groups excluding tert-OH is 1. The smallest absolute Gasteiger partial charge is 0.407 e. The van der Waals surface area contributed by atoms with Crippen LogP contribution in [0.15, 0.2) is 47.6 Å². The van der Waals surface area contributed by atoms with E-state index in [1.807, 2.05) is 71.1 Å². The summed E-state index contributed by atoms with van der Waals surface area (Å²) in [5.74, 6) is -7.26. The zero-order valence-electron chi connectivity index (χ0n) is 51.6. The summed E-state index contributed by atoms with van der Waals surface area (Å²) < 4.78 is 63.8. The van der Waals surface area contributed by atoms with Gasteiger partial charge in [-0.25, -0.2) is 9.59 Å². The highest BCUT2D eigenvalue weighted by Gasteiger charge is 2.53. The maximum Gasteiger partial charge on any atom is 0.407 e. The topological polar surface area (TPSA) is 269 Å². The van der Waals surface area contributed by atoms with Crippen LogP contribution in [0.1, 0.15) is 126 Å². The molecule has 0 unspecified atom stereocenters. The molecule has 2 saturated heterocycles. The zero-order valence-corrected chi connectivity index (χ0v) is 51.6. The number of rotatable bonds is 21. The van der Waals surface area contributed by atoms with Crippen molar-refractivity contribution in [2.45, 2.75) is 192 Å². The Kier molecular flexibility index (Phi) is 32.4. The van der Waals surface area contributed by atoms with Gasteiger partial charge in [0.15, 0.2) is 5.78 Å². The molecule has 2 bridgehead atoms. The number of amides is 2. The van der Waals surface area contributed by atoms with Crippen molar-refractivity contribution in [2.24, 2.45) is 35.3 Å². The van der Waals surface area contributed by atoms with Crippen LogP contribution in [-0.2, 0) is 71.3 Å². The van der Waals surface area contributed by atoms with E-state index in [9.17, 15) is 34.2 Å². The number of ether oxygens (including phenoxy) is 11. The molecule has 0 aromatic carbocycles. The number of methoxy groups -OCH3 is 4. The number of hydrogen-bond donors (Lipinski definition) is 4. The number of fused-ring (bicyclic) bond motifs is 3. The fourth-order valence-corrected chi connectivity index (χ4v) is 11.7. The molecule has 3 heterocycles. The molecule has 5 N–H and O–H groups in total. The number of esters is 1. The van der Waals surface area contributed by atoms with E-state index < -0.39 is 108 Å². The average molecular weight is 1180 g/mol. The monoisotopic (exact) mass is 1180 g/mol. The van der Waals surface area contributed by atoms with E-state index in [0.29, 0.717) is 116 Å². The predicted octanol–water partition coefficient (Wildman–Crippen LogP) is 6.14. The molecule has 2 amide bonds. The summed E-state index contributed by atoms with van der Waals surface area (Å²) in [7, 11) is 6.07. The van der Waals surface area contributed by atoms with Crippen molar-refractivity contribution in [1.82, 2.24) is 10.2 Å². The number of cyclic esters (lactones) is 1. The summed E-state index contributed by atoms with van der Waals surface area (Å²) in [6.45, 7) is 16.9. The first-order valence-corrected chi connectivity index (χ1v) is 30.2. The average Bonchev–Trinajstić information content (AvgIpc) is 3.66. The lowest BCUT2D eigenvalue weighted by atomic mass is 9.80. The first-order chi connectivity index (χ1) is 39.7. The Balaban J connectivity index is 1.55. The largest absolute Gasteiger partial charge is 0.459 e. The minimum absolute atomic E-state index is 0.0136. The zero-order chi connectivity index (χ0) is 61.1. The Morgan fingerprint density at radius 2 is 1.45 bits per heavy atom. The minimum atomic E-state index is -2.46. The molecule has 1 aliphatic carbocycles. The molecule has 0 aromatic heterocycles. The van der Waals surface area contributed by atoms with Crippen LogP contribution in [0.3, 0.4) is 0 Å². The third-order valence-corrected chi connectivity index (χ3v) is 16.7. The number of piperidine rings is 1. The van der Waals surface area contributed by atoms with E-state index in [0.717, 1.165) is 5.57 Å². The van der Waals surface area contributed by atoms with Crippen molar-refractivity contribution in [2.75, 3.05) is 94.4 Å². The molecule has 474 valence electrons. The van der Waals surface area contributed by atoms with Crippen molar-refractivity contribution in [3.8, 4) is 0 Å². The molecule has 0 aromatic rings. The molecular formula is C62H103N3O18. The maximum absolute atomic E-state index is 14.7. The first-order valence-electron chi connectivity index (χ1n) is 30.2. The van der Waals surface area contributed by atoms with Gasteiger partial charge in [-0.3, -0.25) is 14.4 Å². The van der Waals surface area contributed by atoms with Crippen molar-refractivity contribution < 1.29 is 86.3 Å². The number of Topliss-reactive ketones (excluding diaryl/α,β-unsaturated/α-hetero) is 2. The van der Waals surface area contributed by atoms with E-state index in [1.54, 1.807) is 28.1 Å². The molecule has 1 saturated carbocycles. The van der Waals surface area contributed by atoms with Crippen LogP contribution in [0.2, 0.25) is 0 Å². The SMILES string of the molecule is CCOCCOCCOCCOCCNC(=O)O[C@@H]1CC[C@@H](C[C@@H](N)[C@@H]2C[C@@H](OC)[C@H](C)/C=C(\C)[C@@H](O)[C@@H](OC)C(=O)[C@H](C)C[C@H](C)/C=C/C=C/C=C(\C)[C@@H](OC)C[C@@H]3CC[C@@H](C)[C@@](O)(O3)C(=O)C(=O)N3CCCC[C@H]3C(=O)O2)C[C@H]1OC. The molecule has 21 heteroatoms. The summed E-state index contributed by atoms with van der Waals surface area (Å²) in [6.07, 6.45) is 9.73. The molecule has 16 atom stereocenters. The van der Waals surface area contributed by atoms with Crippen LogP contribution in [0.5, 0.6) is 0 Å². The normalized spacial score (nSPS) is 35.0. The van der Waals surface area contributed by atoms with Crippen LogP contribution >= 0.6 is 0 Å². The summed E-state index contributed by atoms with van der Waals surface area (Å²) in [5, 5.41) is 26.5. The van der Waals surface area contributed by atoms with E-state index in [2.05, 4.69) is 5.32 Å². The first kappa shape index (κ1) is 71.5. The number of hydrogen-bond acceptors (Lipinski definition) is 19. The number of nitrogens with zero attached hydrogens (tertiary/aromatic N) is 1. The molecule has 0 radical (unpaired) electrons. The van der Waals surface area contributed by atoms with Crippen molar-refractivity contribution >= 4 is 29.5 Å². The highest BCUT2D eigenvalue weighted by Crippen LogP contribution is 2.38. The molecule has 3 aliphatic heterocycles. The number of alkyl carbamates (subject to hydrolysis) is 1. The third kappa shape index (κ3) is 22.7. The summed E-state index contributed by atoms with van der Waals surface area (Å²) >= 11 is 0. The fraction of sp³-hybridized carbons (Fsp3) is 0.790. The van der Waals surface area contributed by atoms with Gasteiger partial charge < -0.3 is 78.3 Å². The number of carbonyl (C=O) groups excluding carboxylic acids is 5. The van der Waals surface area contributed by atoms with Gasteiger partial charge in [-0.05, 0) is 108 Å². The van der Waals surface area contributed by atoms with Crippen LogP contribution in [0, 0.1) is 29.6 Å². The quantitative estimate of drug-likeness (QED) is 0.0435. The van der Waals surface area contributed by atoms with Crippen molar-refractivity contribution in [1.29, 1.82) is 0 Å². The Hall–Kier alpha value is -3.97.